The van der Waals surface area contributed by atoms with E-state index in [0.717, 1.165) is 13.1 Å². The number of benzene rings is 1. The second kappa shape index (κ2) is 4.24. The van der Waals surface area contributed by atoms with Crippen LogP contribution >= 0.6 is 0 Å². The lowest BCUT2D eigenvalue weighted by molar-refractivity contribution is -0.168. The van der Waals surface area contributed by atoms with Gasteiger partial charge >= 0.3 is 0 Å². The van der Waals surface area contributed by atoms with Crippen LogP contribution in [0.15, 0.2) is 30.3 Å². The first-order chi connectivity index (χ1) is 8.28. The number of ketones is 1. The highest BCUT2D eigenvalue weighted by Crippen LogP contribution is 2.34. The molecule has 0 aliphatic carbocycles. The van der Waals surface area contributed by atoms with Crippen molar-refractivity contribution in [2.24, 2.45) is 0 Å². The van der Waals surface area contributed by atoms with E-state index >= 15 is 0 Å². The van der Waals surface area contributed by atoms with Gasteiger partial charge in [0.1, 0.15) is 5.78 Å². The van der Waals surface area contributed by atoms with Gasteiger partial charge in [0.25, 0.3) is 0 Å². The Morgan fingerprint density at radius 1 is 1.24 bits per heavy atom. The van der Waals surface area contributed by atoms with Gasteiger partial charge in [0.15, 0.2) is 0 Å². The van der Waals surface area contributed by atoms with Crippen LogP contribution in [0.2, 0.25) is 0 Å². The molecule has 3 nitrogen and oxygen atoms in total. The molecule has 0 unspecified atom stereocenters. The number of carbonyl (C=O) groups excluding carboxylic acids is 1. The number of hydrogen-bond acceptors (Lipinski definition) is 3. The third-order valence-corrected chi connectivity index (χ3v) is 3.82. The van der Waals surface area contributed by atoms with Crippen LogP contribution in [-0.2, 0) is 16.1 Å². The van der Waals surface area contributed by atoms with E-state index in [4.69, 9.17) is 4.74 Å². The van der Waals surface area contributed by atoms with E-state index in [0.29, 0.717) is 31.8 Å². The Kier molecular flexibility index (Phi) is 2.73. The van der Waals surface area contributed by atoms with E-state index in [1.165, 1.54) is 5.56 Å². The van der Waals surface area contributed by atoms with Crippen LogP contribution in [0, 0.1) is 0 Å². The van der Waals surface area contributed by atoms with Crippen LogP contribution in [0.1, 0.15) is 18.4 Å². The van der Waals surface area contributed by atoms with Crippen molar-refractivity contribution in [2.75, 3.05) is 19.8 Å². The molecule has 0 radical (unpaired) electrons. The number of Topliss-reactive ketones (excluding diaryl/α,β-unsaturated/α-hetero) is 1. The molecule has 1 aromatic rings. The molecule has 0 aromatic heterocycles. The number of nitrogens with zero attached hydrogens (tertiary/aromatic N) is 1. The van der Waals surface area contributed by atoms with Crippen LogP contribution in [-0.4, -0.2) is 36.0 Å². The number of likely N-dealkylation sites (tertiary alicyclic amines) is 1. The van der Waals surface area contributed by atoms with Crippen LogP contribution < -0.4 is 0 Å². The lowest BCUT2D eigenvalue weighted by Crippen LogP contribution is -2.65. The molecule has 0 atom stereocenters. The maximum atomic E-state index is 11.6. The molecule has 3 rings (SSSR count). The topological polar surface area (TPSA) is 29.5 Å². The molecule has 3 heteroatoms. The number of hydrogen-bond donors (Lipinski definition) is 0. The molecule has 2 saturated heterocycles. The van der Waals surface area contributed by atoms with E-state index in [1.807, 2.05) is 6.07 Å². The van der Waals surface area contributed by atoms with Gasteiger partial charge in [-0.05, 0) is 5.56 Å². The molecule has 2 heterocycles. The minimum Gasteiger partial charge on any atom is -0.377 e. The normalized spacial score (nSPS) is 23.6. The summed E-state index contributed by atoms with van der Waals surface area (Å²) in [6.07, 6.45) is 1.36. The summed E-state index contributed by atoms with van der Waals surface area (Å²) in [5, 5.41) is 0. The van der Waals surface area contributed by atoms with Crippen molar-refractivity contribution in [3.8, 4) is 0 Å². The number of carbonyl (C=O) groups is 1. The molecule has 1 aromatic carbocycles. The second-order valence-corrected chi connectivity index (χ2v) is 5.09. The van der Waals surface area contributed by atoms with Gasteiger partial charge in [-0.3, -0.25) is 9.69 Å². The molecule has 90 valence electrons. The van der Waals surface area contributed by atoms with Gasteiger partial charge in [-0.2, -0.15) is 0 Å². The lowest BCUT2D eigenvalue weighted by Gasteiger charge is -2.51. The van der Waals surface area contributed by atoms with E-state index in [9.17, 15) is 4.79 Å². The highest BCUT2D eigenvalue weighted by molar-refractivity contribution is 5.81. The van der Waals surface area contributed by atoms with Gasteiger partial charge in [-0.25, -0.2) is 0 Å². The van der Waals surface area contributed by atoms with Crippen molar-refractivity contribution < 1.29 is 9.53 Å². The molecule has 0 saturated carbocycles. The molecule has 1 spiro atoms. The van der Waals surface area contributed by atoms with Crippen molar-refractivity contribution in [3.63, 3.8) is 0 Å². The fourth-order valence-electron chi connectivity index (χ4n) is 2.74. The Morgan fingerprint density at radius 3 is 2.65 bits per heavy atom. The summed E-state index contributed by atoms with van der Waals surface area (Å²) >= 11 is 0. The molecule has 0 bridgehead atoms. The third-order valence-electron chi connectivity index (χ3n) is 3.82. The molecule has 0 amide bonds. The summed E-state index contributed by atoms with van der Waals surface area (Å²) in [6, 6.07) is 10.4. The van der Waals surface area contributed by atoms with Crippen molar-refractivity contribution in [3.05, 3.63) is 35.9 Å². The first-order valence-corrected chi connectivity index (χ1v) is 6.17. The van der Waals surface area contributed by atoms with Crippen molar-refractivity contribution >= 4 is 5.78 Å². The number of piperidine rings is 1. The van der Waals surface area contributed by atoms with Crippen molar-refractivity contribution in [2.45, 2.75) is 24.9 Å². The molecule has 0 N–H and O–H groups in total. The SMILES string of the molecule is O=C1CCN(Cc2ccccc2)C2(COC2)C1. The average Bonchev–Trinajstić information content (AvgIpc) is 2.31. The Hall–Kier alpha value is -1.19. The third kappa shape index (κ3) is 2.01. The maximum absolute atomic E-state index is 11.6. The zero-order chi connectivity index (χ0) is 11.7. The molecule has 2 aliphatic rings. The minimum absolute atomic E-state index is 0.00513. The van der Waals surface area contributed by atoms with Crippen LogP contribution in [0.3, 0.4) is 0 Å². The first-order valence-electron chi connectivity index (χ1n) is 6.17. The zero-order valence-corrected chi connectivity index (χ0v) is 9.89. The van der Waals surface area contributed by atoms with Gasteiger partial charge in [0.05, 0.1) is 18.8 Å². The smallest absolute Gasteiger partial charge is 0.136 e. The highest BCUT2D eigenvalue weighted by Gasteiger charge is 2.47. The minimum atomic E-state index is 0.00513. The Balaban J connectivity index is 1.75. The number of ether oxygens (including phenoxy) is 1. The quantitative estimate of drug-likeness (QED) is 0.774. The van der Waals surface area contributed by atoms with Gasteiger partial charge in [0.2, 0.25) is 0 Å². The molecular formula is C14H17NO2. The predicted molar refractivity (Wildman–Crippen MR) is 64.6 cm³/mol. The summed E-state index contributed by atoms with van der Waals surface area (Å²) in [5.74, 6) is 0.387. The monoisotopic (exact) mass is 231 g/mol. The van der Waals surface area contributed by atoms with E-state index < -0.39 is 0 Å². The van der Waals surface area contributed by atoms with Crippen molar-refractivity contribution in [1.29, 1.82) is 0 Å². The van der Waals surface area contributed by atoms with Crippen LogP contribution in [0.5, 0.6) is 0 Å². The standard InChI is InChI=1S/C14H17NO2/c16-13-6-7-15(14(8-13)10-17-11-14)9-12-4-2-1-3-5-12/h1-5H,6-11H2. The summed E-state index contributed by atoms with van der Waals surface area (Å²) in [7, 11) is 0. The second-order valence-electron chi connectivity index (χ2n) is 5.09. The largest absolute Gasteiger partial charge is 0.377 e. The van der Waals surface area contributed by atoms with E-state index in [-0.39, 0.29) is 5.54 Å². The maximum Gasteiger partial charge on any atom is 0.136 e. The Labute approximate surface area is 101 Å². The van der Waals surface area contributed by atoms with Crippen LogP contribution in [0.25, 0.3) is 0 Å². The average molecular weight is 231 g/mol. The zero-order valence-electron chi connectivity index (χ0n) is 9.89. The van der Waals surface area contributed by atoms with E-state index in [2.05, 4.69) is 29.2 Å². The highest BCUT2D eigenvalue weighted by atomic mass is 16.5. The van der Waals surface area contributed by atoms with Gasteiger partial charge in [0, 0.05) is 25.9 Å². The van der Waals surface area contributed by atoms with Gasteiger partial charge < -0.3 is 4.74 Å². The molecule has 17 heavy (non-hydrogen) atoms. The lowest BCUT2D eigenvalue weighted by atomic mass is 9.84. The Morgan fingerprint density at radius 2 is 2.00 bits per heavy atom. The van der Waals surface area contributed by atoms with Gasteiger partial charge in [-0.15, -0.1) is 0 Å². The summed E-state index contributed by atoms with van der Waals surface area (Å²) in [6.45, 7) is 3.23. The van der Waals surface area contributed by atoms with Gasteiger partial charge in [-0.1, -0.05) is 30.3 Å². The fourth-order valence-corrected chi connectivity index (χ4v) is 2.74. The van der Waals surface area contributed by atoms with Crippen LogP contribution in [0.4, 0.5) is 0 Å². The predicted octanol–water partition coefficient (Wildman–Crippen LogP) is 1.62. The summed E-state index contributed by atoms with van der Waals surface area (Å²) < 4.78 is 5.34. The number of rotatable bonds is 2. The first kappa shape index (κ1) is 10.9. The molecule has 2 aliphatic heterocycles. The van der Waals surface area contributed by atoms with Crippen molar-refractivity contribution in [1.82, 2.24) is 4.90 Å². The molecule has 2 fully saturated rings. The summed E-state index contributed by atoms with van der Waals surface area (Å²) in [5.41, 5.74) is 1.32. The Bertz CT molecular complexity index is 411. The fraction of sp³-hybridized carbons (Fsp3) is 0.500. The summed E-state index contributed by atoms with van der Waals surface area (Å²) in [4.78, 5) is 14.0. The molecular weight excluding hydrogens is 214 g/mol. The van der Waals surface area contributed by atoms with E-state index in [1.54, 1.807) is 0 Å².